The molecule has 3 aromatic rings. The number of nitrogens with two attached hydrogens (primary N) is 1. The van der Waals surface area contributed by atoms with Gasteiger partial charge in [-0.25, -0.2) is 0 Å². The summed E-state index contributed by atoms with van der Waals surface area (Å²) in [7, 11) is 0. The average molecular weight is 460 g/mol. The maximum atomic E-state index is 13.5. The Balaban J connectivity index is 1.33. The maximum Gasteiger partial charge on any atom is 0.264 e. The zero-order valence-electron chi connectivity index (χ0n) is 19.7. The number of rotatable bonds is 6. The van der Waals surface area contributed by atoms with E-state index in [1.165, 1.54) is 21.9 Å². The van der Waals surface area contributed by atoms with Crippen LogP contribution in [0.3, 0.4) is 0 Å². The number of hydrogen-bond acceptors (Lipinski definition) is 5. The molecule has 0 aromatic heterocycles. The average Bonchev–Trinajstić information content (AvgIpc) is 3.06. The minimum Gasteiger partial charge on any atom is -0.392 e. The van der Waals surface area contributed by atoms with Gasteiger partial charge in [0.2, 0.25) is 0 Å². The van der Waals surface area contributed by atoms with Crippen LogP contribution in [0, 0.1) is 6.92 Å². The highest BCUT2D eigenvalue weighted by atomic mass is 16.3. The van der Waals surface area contributed by atoms with Crippen LogP contribution in [0.2, 0.25) is 0 Å². The minimum absolute atomic E-state index is 0.00376. The topological polar surface area (TPSA) is 90.0 Å². The summed E-state index contributed by atoms with van der Waals surface area (Å²) >= 11 is 0. The number of carbonyl (C=O) groups is 1. The zero-order chi connectivity index (χ0) is 23.9. The fourth-order valence-corrected chi connectivity index (χ4v) is 5.77. The number of aliphatic hydroxyl groups excluding tert-OH is 1. The van der Waals surface area contributed by atoms with E-state index in [2.05, 4.69) is 48.2 Å². The highest BCUT2D eigenvalue weighted by Gasteiger charge is 2.52. The second-order valence-corrected chi connectivity index (χ2v) is 9.74. The van der Waals surface area contributed by atoms with Crippen LogP contribution in [0.25, 0.3) is 10.8 Å². The van der Waals surface area contributed by atoms with Gasteiger partial charge >= 0.3 is 0 Å². The molecule has 178 valence electrons. The number of carbonyl (C=O) groups excluding carboxylic acids is 1. The molecule has 0 aliphatic carbocycles. The van der Waals surface area contributed by atoms with Crippen LogP contribution in [0.5, 0.6) is 0 Å². The van der Waals surface area contributed by atoms with Gasteiger partial charge in [-0.05, 0) is 47.7 Å². The Morgan fingerprint density at radius 2 is 1.76 bits per heavy atom. The van der Waals surface area contributed by atoms with Crippen molar-refractivity contribution in [3.05, 3.63) is 77.4 Å². The van der Waals surface area contributed by atoms with Crippen molar-refractivity contribution in [2.24, 2.45) is 5.73 Å². The molecule has 3 aromatic carbocycles. The number of aryl methyl sites for hydroxylation is 1. The van der Waals surface area contributed by atoms with Crippen LogP contribution in [0.4, 0.5) is 5.69 Å². The Morgan fingerprint density at radius 1 is 1.06 bits per heavy atom. The predicted octanol–water partition coefficient (Wildman–Crippen LogP) is 3.06. The third kappa shape index (κ3) is 3.91. The molecule has 2 atom stereocenters. The Morgan fingerprint density at radius 3 is 2.50 bits per heavy atom. The van der Waals surface area contributed by atoms with E-state index in [1.807, 2.05) is 18.2 Å². The molecule has 1 amide bonds. The van der Waals surface area contributed by atoms with Gasteiger partial charge in [0.15, 0.2) is 5.60 Å². The number of para-hydroxylation sites is 1. The molecule has 2 unspecified atom stereocenters. The van der Waals surface area contributed by atoms with Gasteiger partial charge in [0, 0.05) is 44.2 Å². The summed E-state index contributed by atoms with van der Waals surface area (Å²) in [6.45, 7) is 4.80. The van der Waals surface area contributed by atoms with Gasteiger partial charge in [-0.15, -0.1) is 0 Å². The van der Waals surface area contributed by atoms with Crippen LogP contribution in [0.15, 0.2) is 60.7 Å². The summed E-state index contributed by atoms with van der Waals surface area (Å²) < 4.78 is 0. The molecule has 6 heteroatoms. The lowest BCUT2D eigenvalue weighted by atomic mass is 9.89. The molecule has 2 heterocycles. The number of fused-ring (bicyclic) bond motifs is 2. The lowest BCUT2D eigenvalue weighted by molar-refractivity contribution is -0.140. The number of likely N-dealkylation sites (tertiary alicyclic amines) is 1. The van der Waals surface area contributed by atoms with Crippen molar-refractivity contribution < 1.29 is 15.0 Å². The zero-order valence-corrected chi connectivity index (χ0v) is 19.7. The normalized spacial score (nSPS) is 22.4. The maximum absolute atomic E-state index is 13.5. The summed E-state index contributed by atoms with van der Waals surface area (Å²) in [5, 5.41) is 24.1. The van der Waals surface area contributed by atoms with E-state index in [0.29, 0.717) is 5.56 Å². The van der Waals surface area contributed by atoms with E-state index in [4.69, 9.17) is 5.73 Å². The second kappa shape index (κ2) is 9.12. The highest BCUT2D eigenvalue weighted by molar-refractivity contribution is 6.07. The van der Waals surface area contributed by atoms with Crippen molar-refractivity contribution >= 4 is 22.4 Å². The number of hydrogen-bond donors (Lipinski definition) is 3. The first-order chi connectivity index (χ1) is 16.4. The molecule has 0 bridgehead atoms. The van der Waals surface area contributed by atoms with Crippen LogP contribution >= 0.6 is 0 Å². The molecule has 2 aliphatic heterocycles. The van der Waals surface area contributed by atoms with Gasteiger partial charge in [0.25, 0.3) is 5.91 Å². The van der Waals surface area contributed by atoms with Crippen LogP contribution in [0.1, 0.15) is 36.0 Å². The molecule has 2 aliphatic rings. The fraction of sp³-hybridized carbons (Fsp3) is 0.393. The van der Waals surface area contributed by atoms with Gasteiger partial charge in [0.05, 0.1) is 11.8 Å². The van der Waals surface area contributed by atoms with E-state index in [-0.39, 0.29) is 24.9 Å². The smallest absolute Gasteiger partial charge is 0.264 e. The SMILES string of the molecule is Cc1cccc2cccc(CN3CCC(N4C(=O)C(O)(CC(O)CN)c5ccccc54)CC3)c12. The molecular formula is C28H33N3O3. The number of nitrogens with zero attached hydrogens (tertiary/aromatic N) is 2. The number of anilines is 1. The van der Waals surface area contributed by atoms with E-state index in [9.17, 15) is 15.0 Å². The molecule has 6 nitrogen and oxygen atoms in total. The molecule has 4 N–H and O–H groups in total. The van der Waals surface area contributed by atoms with Crippen LogP contribution in [-0.4, -0.2) is 52.8 Å². The van der Waals surface area contributed by atoms with E-state index in [1.54, 1.807) is 11.0 Å². The standard InChI is InChI=1S/C28H33N3O3/c1-19-6-4-7-20-8-5-9-21(26(19)20)18-30-14-12-22(13-15-30)31-25-11-3-2-10-24(25)28(34,27(31)33)16-23(32)17-29/h2-11,22-23,32,34H,12-18,29H2,1H3. The van der Waals surface area contributed by atoms with Crippen molar-refractivity contribution in [1.82, 2.24) is 4.90 Å². The summed E-state index contributed by atoms with van der Waals surface area (Å²) in [6, 6.07) is 20.3. The quantitative estimate of drug-likeness (QED) is 0.527. The lowest BCUT2D eigenvalue weighted by Gasteiger charge is -2.37. The Kier molecular flexibility index (Phi) is 6.16. The number of piperidine rings is 1. The van der Waals surface area contributed by atoms with Crippen molar-refractivity contribution in [2.75, 3.05) is 24.5 Å². The van der Waals surface area contributed by atoms with Crippen molar-refractivity contribution in [1.29, 1.82) is 0 Å². The molecule has 34 heavy (non-hydrogen) atoms. The Bertz CT molecular complexity index is 1200. The monoisotopic (exact) mass is 459 g/mol. The first-order valence-corrected chi connectivity index (χ1v) is 12.2. The van der Waals surface area contributed by atoms with Gasteiger partial charge in [-0.2, -0.15) is 0 Å². The van der Waals surface area contributed by atoms with Gasteiger partial charge in [-0.3, -0.25) is 9.69 Å². The second-order valence-electron chi connectivity index (χ2n) is 9.74. The lowest BCUT2D eigenvalue weighted by Crippen LogP contribution is -2.50. The van der Waals surface area contributed by atoms with E-state index >= 15 is 0 Å². The van der Waals surface area contributed by atoms with Crippen LogP contribution in [-0.2, 0) is 16.9 Å². The van der Waals surface area contributed by atoms with Gasteiger partial charge in [-0.1, -0.05) is 54.6 Å². The summed E-state index contributed by atoms with van der Waals surface area (Å²) in [5.74, 6) is -0.343. The summed E-state index contributed by atoms with van der Waals surface area (Å²) in [5.41, 5.74) is 7.80. The predicted molar refractivity (Wildman–Crippen MR) is 134 cm³/mol. The molecule has 1 fully saturated rings. The van der Waals surface area contributed by atoms with Crippen LogP contribution < -0.4 is 10.6 Å². The minimum atomic E-state index is -1.73. The number of amides is 1. The fourth-order valence-electron chi connectivity index (χ4n) is 5.77. The van der Waals surface area contributed by atoms with Crippen molar-refractivity contribution in [2.45, 2.75) is 50.5 Å². The van der Waals surface area contributed by atoms with E-state index in [0.717, 1.165) is 38.2 Å². The largest absolute Gasteiger partial charge is 0.392 e. The molecule has 1 saturated heterocycles. The first kappa shape index (κ1) is 23.0. The summed E-state index contributed by atoms with van der Waals surface area (Å²) in [4.78, 5) is 17.7. The first-order valence-electron chi connectivity index (χ1n) is 12.2. The third-order valence-corrected chi connectivity index (χ3v) is 7.50. The van der Waals surface area contributed by atoms with Gasteiger partial charge < -0.3 is 20.8 Å². The van der Waals surface area contributed by atoms with E-state index < -0.39 is 11.7 Å². The van der Waals surface area contributed by atoms with Crippen molar-refractivity contribution in [3.8, 4) is 0 Å². The molecule has 0 radical (unpaired) electrons. The number of benzene rings is 3. The molecule has 0 spiro atoms. The molecule has 5 rings (SSSR count). The Hall–Kier alpha value is -2.77. The molecule has 0 saturated carbocycles. The highest BCUT2D eigenvalue weighted by Crippen LogP contribution is 2.45. The van der Waals surface area contributed by atoms with Crippen molar-refractivity contribution in [3.63, 3.8) is 0 Å². The summed E-state index contributed by atoms with van der Waals surface area (Å²) in [6.07, 6.45) is 0.640. The Labute approximate surface area is 200 Å². The number of aliphatic hydroxyl groups is 2. The third-order valence-electron chi connectivity index (χ3n) is 7.50. The molecular weight excluding hydrogens is 426 g/mol. The van der Waals surface area contributed by atoms with Gasteiger partial charge in [0.1, 0.15) is 0 Å².